The van der Waals surface area contributed by atoms with Crippen LogP contribution in [0.2, 0.25) is 0 Å². The molecule has 0 aromatic carbocycles. The number of nitrogens with zero attached hydrogens (tertiary/aromatic N) is 1. The molecule has 0 atom stereocenters. The minimum Gasteiger partial charge on any atom is -0.368 e. The molecule has 5 N–H and O–H groups in total. The summed E-state index contributed by atoms with van der Waals surface area (Å²) in [5.41, 5.74) is 10.0. The van der Waals surface area contributed by atoms with Crippen molar-refractivity contribution in [1.29, 1.82) is 0 Å². The van der Waals surface area contributed by atoms with Gasteiger partial charge < -0.3 is 21.7 Å². The Morgan fingerprint density at radius 1 is 1.06 bits per heavy atom. The SMILES string of the molecule is NC(=O)CN(CC(N)=O)C(=O)NC1CCCC1. The molecule has 1 aliphatic carbocycles. The van der Waals surface area contributed by atoms with Crippen molar-refractivity contribution >= 4 is 17.8 Å². The highest BCUT2D eigenvalue weighted by molar-refractivity contribution is 5.87. The van der Waals surface area contributed by atoms with Gasteiger partial charge in [-0.2, -0.15) is 0 Å². The second-order valence-corrected chi connectivity index (χ2v) is 4.22. The number of urea groups is 1. The quantitative estimate of drug-likeness (QED) is 0.568. The van der Waals surface area contributed by atoms with Crippen LogP contribution in [0.3, 0.4) is 0 Å². The van der Waals surface area contributed by atoms with Crippen LogP contribution in [0.25, 0.3) is 0 Å². The lowest BCUT2D eigenvalue weighted by Crippen LogP contribution is -2.50. The number of hydrogen-bond donors (Lipinski definition) is 3. The number of nitrogens with one attached hydrogen (secondary N) is 1. The first kappa shape index (κ1) is 13.3. The van der Waals surface area contributed by atoms with Crippen molar-refractivity contribution in [1.82, 2.24) is 10.2 Å². The Morgan fingerprint density at radius 3 is 1.94 bits per heavy atom. The molecule has 0 aromatic rings. The average molecular weight is 242 g/mol. The number of hydrogen-bond acceptors (Lipinski definition) is 3. The fourth-order valence-electron chi connectivity index (χ4n) is 1.91. The van der Waals surface area contributed by atoms with Gasteiger partial charge in [-0.1, -0.05) is 12.8 Å². The molecule has 0 saturated heterocycles. The average Bonchev–Trinajstić information content (AvgIpc) is 2.67. The maximum absolute atomic E-state index is 11.8. The molecular weight excluding hydrogens is 224 g/mol. The highest BCUT2D eigenvalue weighted by atomic mass is 16.2. The molecule has 1 aliphatic rings. The summed E-state index contributed by atoms with van der Waals surface area (Å²) < 4.78 is 0. The van der Waals surface area contributed by atoms with E-state index < -0.39 is 17.8 Å². The highest BCUT2D eigenvalue weighted by Gasteiger charge is 2.22. The Bertz CT molecular complexity index is 297. The molecule has 96 valence electrons. The van der Waals surface area contributed by atoms with Crippen molar-refractivity contribution in [3.8, 4) is 0 Å². The molecule has 1 saturated carbocycles. The highest BCUT2D eigenvalue weighted by Crippen LogP contribution is 2.17. The molecule has 0 aromatic heterocycles. The molecule has 0 aliphatic heterocycles. The normalized spacial score (nSPS) is 15.5. The van der Waals surface area contributed by atoms with Gasteiger partial charge in [0.15, 0.2) is 0 Å². The van der Waals surface area contributed by atoms with Crippen molar-refractivity contribution in [3.63, 3.8) is 0 Å². The van der Waals surface area contributed by atoms with E-state index in [0.29, 0.717) is 0 Å². The summed E-state index contributed by atoms with van der Waals surface area (Å²) >= 11 is 0. The second-order valence-electron chi connectivity index (χ2n) is 4.22. The third-order valence-electron chi connectivity index (χ3n) is 2.66. The zero-order chi connectivity index (χ0) is 12.8. The third kappa shape index (κ3) is 4.71. The predicted molar refractivity (Wildman–Crippen MR) is 60.7 cm³/mol. The first-order valence-corrected chi connectivity index (χ1v) is 5.61. The summed E-state index contributed by atoms with van der Waals surface area (Å²) in [5.74, 6) is -1.35. The number of carbonyl (C=O) groups is 3. The van der Waals surface area contributed by atoms with Gasteiger partial charge in [-0.3, -0.25) is 9.59 Å². The van der Waals surface area contributed by atoms with Gasteiger partial charge in [0.25, 0.3) is 0 Å². The van der Waals surface area contributed by atoms with Crippen molar-refractivity contribution in [2.45, 2.75) is 31.7 Å². The van der Waals surface area contributed by atoms with E-state index >= 15 is 0 Å². The van der Waals surface area contributed by atoms with E-state index in [4.69, 9.17) is 11.5 Å². The zero-order valence-corrected chi connectivity index (χ0v) is 9.65. The Kier molecular flexibility index (Phi) is 4.74. The Balaban J connectivity index is 2.51. The van der Waals surface area contributed by atoms with Gasteiger partial charge in [-0.15, -0.1) is 0 Å². The fraction of sp³-hybridized carbons (Fsp3) is 0.700. The lowest BCUT2D eigenvalue weighted by Gasteiger charge is -2.22. The van der Waals surface area contributed by atoms with Crippen LogP contribution >= 0.6 is 0 Å². The summed E-state index contributed by atoms with van der Waals surface area (Å²) in [6.07, 6.45) is 4.01. The summed E-state index contributed by atoms with van der Waals surface area (Å²) in [7, 11) is 0. The lowest BCUT2D eigenvalue weighted by molar-refractivity contribution is -0.120. The Morgan fingerprint density at radius 2 is 1.53 bits per heavy atom. The second kappa shape index (κ2) is 6.07. The van der Waals surface area contributed by atoms with E-state index in [-0.39, 0.29) is 19.1 Å². The molecule has 4 amide bonds. The van der Waals surface area contributed by atoms with Gasteiger partial charge in [0, 0.05) is 6.04 Å². The molecule has 7 heteroatoms. The maximum atomic E-state index is 11.8. The molecule has 7 nitrogen and oxygen atoms in total. The summed E-state index contributed by atoms with van der Waals surface area (Å²) in [6, 6.07) is -0.347. The Hall–Kier alpha value is -1.79. The third-order valence-corrected chi connectivity index (χ3v) is 2.66. The fourth-order valence-corrected chi connectivity index (χ4v) is 1.91. The summed E-state index contributed by atoms with van der Waals surface area (Å²) in [5, 5.41) is 2.76. The summed E-state index contributed by atoms with van der Waals surface area (Å²) in [4.78, 5) is 34.4. The van der Waals surface area contributed by atoms with E-state index in [2.05, 4.69) is 5.32 Å². The van der Waals surface area contributed by atoms with Crippen LogP contribution in [-0.4, -0.2) is 41.9 Å². The predicted octanol–water partition coefficient (Wildman–Crippen LogP) is -1.09. The molecule has 0 radical (unpaired) electrons. The van der Waals surface area contributed by atoms with Crippen LogP contribution in [0, 0.1) is 0 Å². The van der Waals surface area contributed by atoms with Crippen LogP contribution in [-0.2, 0) is 9.59 Å². The number of amides is 4. The largest absolute Gasteiger partial charge is 0.368 e. The van der Waals surface area contributed by atoms with Crippen LogP contribution in [0.5, 0.6) is 0 Å². The molecule has 0 heterocycles. The van der Waals surface area contributed by atoms with Crippen LogP contribution in [0.4, 0.5) is 4.79 Å². The molecular formula is C10H18N4O3. The van der Waals surface area contributed by atoms with Gasteiger partial charge in [-0.25, -0.2) is 4.79 Å². The minimum absolute atomic E-state index is 0.116. The van der Waals surface area contributed by atoms with Crippen molar-refractivity contribution in [3.05, 3.63) is 0 Å². The molecule has 17 heavy (non-hydrogen) atoms. The van der Waals surface area contributed by atoms with Gasteiger partial charge in [0.2, 0.25) is 11.8 Å². The standard InChI is InChI=1S/C10H18N4O3/c11-8(15)5-14(6-9(12)16)10(17)13-7-3-1-2-4-7/h7H,1-6H2,(H2,11,15)(H2,12,16)(H,13,17). The summed E-state index contributed by atoms with van der Waals surface area (Å²) in [6.45, 7) is -0.608. The zero-order valence-electron chi connectivity index (χ0n) is 9.65. The molecule has 0 unspecified atom stereocenters. The van der Waals surface area contributed by atoms with Gasteiger partial charge >= 0.3 is 6.03 Å². The van der Waals surface area contributed by atoms with Gasteiger partial charge in [0.1, 0.15) is 13.1 Å². The lowest BCUT2D eigenvalue weighted by atomic mass is 10.2. The number of carbonyl (C=O) groups excluding carboxylic acids is 3. The van der Waals surface area contributed by atoms with E-state index in [1.807, 2.05) is 0 Å². The Labute approximate surface area is 99.5 Å². The van der Waals surface area contributed by atoms with Crippen LogP contribution in [0.15, 0.2) is 0 Å². The molecule has 0 spiro atoms. The number of rotatable bonds is 5. The first-order valence-electron chi connectivity index (χ1n) is 5.61. The van der Waals surface area contributed by atoms with Crippen molar-refractivity contribution in [2.75, 3.05) is 13.1 Å². The van der Waals surface area contributed by atoms with Crippen LogP contribution in [0.1, 0.15) is 25.7 Å². The molecule has 1 rings (SSSR count). The molecule has 1 fully saturated rings. The number of primary amides is 2. The van der Waals surface area contributed by atoms with E-state index in [1.54, 1.807) is 0 Å². The first-order chi connectivity index (χ1) is 7.99. The monoisotopic (exact) mass is 242 g/mol. The smallest absolute Gasteiger partial charge is 0.318 e. The van der Waals surface area contributed by atoms with Crippen molar-refractivity contribution in [2.24, 2.45) is 11.5 Å². The van der Waals surface area contributed by atoms with E-state index in [9.17, 15) is 14.4 Å². The van der Waals surface area contributed by atoms with Crippen molar-refractivity contribution < 1.29 is 14.4 Å². The van der Waals surface area contributed by atoms with Gasteiger partial charge in [0.05, 0.1) is 0 Å². The van der Waals surface area contributed by atoms with E-state index in [0.717, 1.165) is 30.6 Å². The molecule has 0 bridgehead atoms. The minimum atomic E-state index is -0.673. The van der Waals surface area contributed by atoms with E-state index in [1.165, 1.54) is 0 Å². The van der Waals surface area contributed by atoms with Crippen LogP contribution < -0.4 is 16.8 Å². The van der Waals surface area contributed by atoms with Gasteiger partial charge in [-0.05, 0) is 12.8 Å². The maximum Gasteiger partial charge on any atom is 0.318 e. The number of nitrogens with two attached hydrogens (primary N) is 2. The topological polar surface area (TPSA) is 119 Å².